The molecule has 38 heavy (non-hydrogen) atoms. The average molecular weight is 509 g/mol. The molecule has 2 aromatic heterocycles. The van der Waals surface area contributed by atoms with E-state index in [9.17, 15) is 19.6 Å². The maximum Gasteiger partial charge on any atom is 0.338 e. The van der Waals surface area contributed by atoms with Gasteiger partial charge >= 0.3 is 5.97 Å². The van der Waals surface area contributed by atoms with Gasteiger partial charge in [0.05, 0.1) is 12.2 Å². The highest BCUT2D eigenvalue weighted by Crippen LogP contribution is 2.27. The van der Waals surface area contributed by atoms with Crippen molar-refractivity contribution in [2.45, 2.75) is 20.8 Å². The number of ether oxygens (including phenoxy) is 2. The minimum Gasteiger partial charge on any atom is -0.462 e. The Morgan fingerprint density at radius 2 is 1.76 bits per heavy atom. The molecule has 0 atom stereocenters. The molecule has 0 bridgehead atoms. The fourth-order valence-corrected chi connectivity index (χ4v) is 3.66. The van der Waals surface area contributed by atoms with E-state index in [0.717, 1.165) is 11.1 Å². The standard InChI is InChI=1S/C29H24N4O5/c1-4-37-29(36)20-11-13-22(14-12-20)31-26(34)21(17-30)16-23-27(38-24-10-6-5-8-18(24)2)32-25-19(3)9-7-15-33(25)28(23)35/h5-16H,4H2,1-3H3,(H,31,34)/b21-16-. The van der Waals surface area contributed by atoms with Gasteiger partial charge in [-0.05, 0) is 74.4 Å². The Balaban J connectivity index is 1.74. The van der Waals surface area contributed by atoms with Gasteiger partial charge < -0.3 is 14.8 Å². The molecule has 0 aliphatic carbocycles. The highest BCUT2D eigenvalue weighted by atomic mass is 16.5. The Kier molecular flexibility index (Phi) is 7.63. The topological polar surface area (TPSA) is 123 Å². The molecule has 0 radical (unpaired) electrons. The molecule has 0 saturated heterocycles. The summed E-state index contributed by atoms with van der Waals surface area (Å²) in [6.45, 7) is 5.62. The van der Waals surface area contributed by atoms with Crippen molar-refractivity contribution in [2.24, 2.45) is 0 Å². The van der Waals surface area contributed by atoms with Gasteiger partial charge in [0, 0.05) is 11.9 Å². The fourth-order valence-electron chi connectivity index (χ4n) is 3.66. The highest BCUT2D eigenvalue weighted by Gasteiger charge is 2.19. The number of benzene rings is 2. The maximum atomic E-state index is 13.5. The molecule has 0 fully saturated rings. The lowest BCUT2D eigenvalue weighted by molar-refractivity contribution is -0.112. The van der Waals surface area contributed by atoms with Crippen molar-refractivity contribution in [3.8, 4) is 17.7 Å². The van der Waals surface area contributed by atoms with Crippen LogP contribution in [0.4, 0.5) is 5.69 Å². The molecule has 2 aromatic carbocycles. The number of anilines is 1. The number of rotatable bonds is 7. The van der Waals surface area contributed by atoms with Crippen molar-refractivity contribution >= 4 is 29.3 Å². The van der Waals surface area contributed by atoms with Crippen molar-refractivity contribution < 1.29 is 19.1 Å². The van der Waals surface area contributed by atoms with Gasteiger partial charge in [-0.15, -0.1) is 0 Å². The van der Waals surface area contributed by atoms with Crippen LogP contribution in [0, 0.1) is 25.2 Å². The van der Waals surface area contributed by atoms with E-state index in [4.69, 9.17) is 9.47 Å². The average Bonchev–Trinajstić information content (AvgIpc) is 2.91. The van der Waals surface area contributed by atoms with Gasteiger partial charge in [-0.1, -0.05) is 24.3 Å². The number of nitriles is 1. The minimum absolute atomic E-state index is 0.0297. The Hall–Kier alpha value is -5.23. The quantitative estimate of drug-likeness (QED) is 0.216. The molecule has 2 heterocycles. The van der Waals surface area contributed by atoms with Crippen LogP contribution in [-0.2, 0) is 9.53 Å². The SMILES string of the molecule is CCOC(=O)c1ccc(NC(=O)/C(C#N)=C\c2c(Oc3ccccc3C)nc3c(C)cccn3c2=O)cc1. The number of esters is 1. The summed E-state index contributed by atoms with van der Waals surface area (Å²) in [6.07, 6.45) is 2.73. The molecule has 1 N–H and O–H groups in total. The third-order valence-electron chi connectivity index (χ3n) is 5.66. The van der Waals surface area contributed by atoms with Crippen LogP contribution in [0.1, 0.15) is 34.0 Å². The summed E-state index contributed by atoms with van der Waals surface area (Å²) in [7, 11) is 0. The largest absolute Gasteiger partial charge is 0.462 e. The number of pyridine rings is 1. The molecule has 0 aliphatic heterocycles. The molecule has 9 heteroatoms. The molecule has 1 amide bonds. The van der Waals surface area contributed by atoms with Gasteiger partial charge in [-0.3, -0.25) is 14.0 Å². The minimum atomic E-state index is -0.744. The lowest BCUT2D eigenvalue weighted by atomic mass is 10.1. The van der Waals surface area contributed by atoms with E-state index in [1.54, 1.807) is 31.3 Å². The number of aryl methyl sites for hydroxylation is 2. The fraction of sp³-hybridized carbons (Fsp3) is 0.138. The van der Waals surface area contributed by atoms with Crippen molar-refractivity contribution in [1.29, 1.82) is 5.26 Å². The Morgan fingerprint density at radius 1 is 1.05 bits per heavy atom. The zero-order chi connectivity index (χ0) is 27.2. The molecule has 0 unspecified atom stereocenters. The van der Waals surface area contributed by atoms with E-state index in [2.05, 4.69) is 10.3 Å². The van der Waals surface area contributed by atoms with Crippen LogP contribution in [0.25, 0.3) is 11.7 Å². The van der Waals surface area contributed by atoms with Crippen molar-refractivity contribution in [3.05, 3.63) is 105 Å². The number of amides is 1. The van der Waals surface area contributed by atoms with E-state index in [1.165, 1.54) is 34.7 Å². The number of nitrogens with one attached hydrogen (secondary N) is 1. The van der Waals surface area contributed by atoms with Crippen molar-refractivity contribution in [2.75, 3.05) is 11.9 Å². The van der Waals surface area contributed by atoms with E-state index >= 15 is 0 Å². The second-order valence-corrected chi connectivity index (χ2v) is 8.31. The van der Waals surface area contributed by atoms with Crippen LogP contribution in [-0.4, -0.2) is 27.9 Å². The van der Waals surface area contributed by atoms with Crippen molar-refractivity contribution in [1.82, 2.24) is 9.38 Å². The smallest absolute Gasteiger partial charge is 0.338 e. The monoisotopic (exact) mass is 508 g/mol. The Labute approximate surface area is 218 Å². The van der Waals surface area contributed by atoms with Crippen LogP contribution in [0.2, 0.25) is 0 Å². The van der Waals surface area contributed by atoms with Gasteiger partial charge in [0.15, 0.2) is 0 Å². The van der Waals surface area contributed by atoms with Gasteiger partial charge in [-0.25, -0.2) is 4.79 Å². The predicted molar refractivity (Wildman–Crippen MR) is 142 cm³/mol. The van der Waals surface area contributed by atoms with E-state index in [-0.39, 0.29) is 23.6 Å². The normalized spacial score (nSPS) is 11.1. The Morgan fingerprint density at radius 3 is 2.45 bits per heavy atom. The van der Waals surface area contributed by atoms with Crippen LogP contribution < -0.4 is 15.6 Å². The molecule has 190 valence electrons. The van der Waals surface area contributed by atoms with Crippen molar-refractivity contribution in [3.63, 3.8) is 0 Å². The maximum absolute atomic E-state index is 13.5. The first-order valence-electron chi connectivity index (χ1n) is 11.8. The van der Waals surface area contributed by atoms with Crippen LogP contribution >= 0.6 is 0 Å². The van der Waals surface area contributed by atoms with Gasteiger partial charge in [0.25, 0.3) is 11.5 Å². The lowest BCUT2D eigenvalue weighted by Gasteiger charge is -2.13. The summed E-state index contributed by atoms with van der Waals surface area (Å²) in [5.41, 5.74) is 1.75. The summed E-state index contributed by atoms with van der Waals surface area (Å²) >= 11 is 0. The number of carbonyl (C=O) groups excluding carboxylic acids is 2. The molecule has 4 rings (SSSR count). The van der Waals surface area contributed by atoms with E-state index < -0.39 is 17.4 Å². The zero-order valence-corrected chi connectivity index (χ0v) is 21.0. The van der Waals surface area contributed by atoms with Crippen LogP contribution in [0.3, 0.4) is 0 Å². The summed E-state index contributed by atoms with van der Waals surface area (Å²) in [5, 5.41) is 12.4. The molecule has 0 saturated carbocycles. The second kappa shape index (κ2) is 11.2. The van der Waals surface area contributed by atoms with E-state index in [0.29, 0.717) is 22.6 Å². The zero-order valence-electron chi connectivity index (χ0n) is 21.0. The second-order valence-electron chi connectivity index (χ2n) is 8.31. The number of nitrogens with zero attached hydrogens (tertiary/aromatic N) is 3. The van der Waals surface area contributed by atoms with Crippen LogP contribution in [0.5, 0.6) is 11.6 Å². The Bertz CT molecular complexity index is 1660. The number of hydrogen-bond acceptors (Lipinski definition) is 7. The van der Waals surface area contributed by atoms with Gasteiger partial charge in [0.2, 0.25) is 5.88 Å². The molecule has 4 aromatic rings. The number of aromatic nitrogens is 2. The van der Waals surface area contributed by atoms with Gasteiger partial charge in [0.1, 0.15) is 28.6 Å². The number of para-hydroxylation sites is 1. The first-order valence-corrected chi connectivity index (χ1v) is 11.8. The summed E-state index contributed by atoms with van der Waals surface area (Å²) in [4.78, 5) is 42.8. The highest BCUT2D eigenvalue weighted by molar-refractivity contribution is 6.10. The first kappa shape index (κ1) is 25.9. The van der Waals surface area contributed by atoms with Gasteiger partial charge in [-0.2, -0.15) is 10.2 Å². The summed E-state index contributed by atoms with van der Waals surface area (Å²) < 4.78 is 12.3. The molecular weight excluding hydrogens is 484 g/mol. The molecule has 0 aliphatic rings. The molecule has 0 spiro atoms. The molecular formula is C29H24N4O5. The predicted octanol–water partition coefficient (Wildman–Crippen LogP) is 4.83. The van der Waals surface area contributed by atoms with E-state index in [1.807, 2.05) is 38.1 Å². The summed E-state index contributed by atoms with van der Waals surface area (Å²) in [5.74, 6) is -0.773. The number of hydrogen-bond donors (Lipinski definition) is 1. The third kappa shape index (κ3) is 5.44. The lowest BCUT2D eigenvalue weighted by Crippen LogP contribution is -2.21. The molecule has 9 nitrogen and oxygen atoms in total. The first-order chi connectivity index (χ1) is 18.3. The summed E-state index contributed by atoms with van der Waals surface area (Å²) in [6, 6.07) is 18.6. The number of fused-ring (bicyclic) bond motifs is 1. The number of carbonyl (C=O) groups is 2. The van der Waals surface area contributed by atoms with Crippen LogP contribution in [0.15, 0.2) is 77.2 Å². The third-order valence-corrected chi connectivity index (χ3v) is 5.66.